The number of aromatic nitrogens is 2. The van der Waals surface area contributed by atoms with E-state index in [1.807, 2.05) is 42.5 Å². The van der Waals surface area contributed by atoms with Crippen LogP contribution in [0.1, 0.15) is 16.1 Å². The predicted molar refractivity (Wildman–Crippen MR) is 99.8 cm³/mol. The fourth-order valence-electron chi connectivity index (χ4n) is 2.41. The molecule has 1 heterocycles. The van der Waals surface area contributed by atoms with E-state index in [9.17, 15) is 9.59 Å². The van der Waals surface area contributed by atoms with Gasteiger partial charge in [-0.05, 0) is 35.9 Å². The number of hydrogen-bond acceptors (Lipinski definition) is 3. The highest BCUT2D eigenvalue weighted by molar-refractivity contribution is 9.10. The summed E-state index contributed by atoms with van der Waals surface area (Å²) in [5.41, 5.74) is 1.58. The Kier molecular flexibility index (Phi) is 5.09. The summed E-state index contributed by atoms with van der Waals surface area (Å²) in [6.45, 7) is 0.457. The number of hydrogen-bond donors (Lipinski definition) is 0. The van der Waals surface area contributed by atoms with Gasteiger partial charge in [-0.1, -0.05) is 46.3 Å². The molecule has 0 saturated carbocycles. The first-order valence-electron chi connectivity index (χ1n) is 7.70. The summed E-state index contributed by atoms with van der Waals surface area (Å²) in [6.07, 6.45) is 0. The number of halogens is 1. The van der Waals surface area contributed by atoms with E-state index in [4.69, 9.17) is 0 Å². The van der Waals surface area contributed by atoms with Gasteiger partial charge in [0.1, 0.15) is 5.69 Å². The van der Waals surface area contributed by atoms with Crippen molar-refractivity contribution in [1.29, 1.82) is 0 Å². The van der Waals surface area contributed by atoms with Crippen LogP contribution in [0.5, 0.6) is 0 Å². The lowest BCUT2D eigenvalue weighted by Crippen LogP contribution is -2.30. The second kappa shape index (κ2) is 7.44. The second-order valence-corrected chi connectivity index (χ2v) is 6.51. The molecule has 0 aliphatic heterocycles. The predicted octanol–water partition coefficient (Wildman–Crippen LogP) is 3.27. The van der Waals surface area contributed by atoms with Crippen LogP contribution in [0.2, 0.25) is 0 Å². The van der Waals surface area contributed by atoms with Crippen molar-refractivity contribution in [2.24, 2.45) is 0 Å². The van der Waals surface area contributed by atoms with Crippen molar-refractivity contribution in [1.82, 2.24) is 14.7 Å². The first kappa shape index (κ1) is 17.1. The van der Waals surface area contributed by atoms with E-state index in [-0.39, 0.29) is 17.2 Å². The highest BCUT2D eigenvalue weighted by Gasteiger charge is 2.15. The Balaban J connectivity index is 1.84. The van der Waals surface area contributed by atoms with E-state index in [0.29, 0.717) is 12.2 Å². The molecule has 0 aliphatic rings. The number of benzene rings is 2. The second-order valence-electron chi connectivity index (χ2n) is 5.59. The van der Waals surface area contributed by atoms with Crippen LogP contribution in [0, 0.1) is 0 Å². The fraction of sp³-hybridized carbons (Fsp3) is 0.105. The van der Waals surface area contributed by atoms with E-state index >= 15 is 0 Å². The van der Waals surface area contributed by atoms with Crippen LogP contribution in [0.3, 0.4) is 0 Å². The van der Waals surface area contributed by atoms with E-state index in [2.05, 4.69) is 21.0 Å². The van der Waals surface area contributed by atoms with Gasteiger partial charge in [-0.25, -0.2) is 0 Å². The maximum Gasteiger partial charge on any atom is 0.274 e. The van der Waals surface area contributed by atoms with Gasteiger partial charge < -0.3 is 4.90 Å². The van der Waals surface area contributed by atoms with Gasteiger partial charge in [0.25, 0.3) is 11.5 Å². The highest BCUT2D eigenvalue weighted by atomic mass is 79.9. The van der Waals surface area contributed by atoms with Crippen molar-refractivity contribution >= 4 is 21.8 Å². The number of nitrogens with zero attached hydrogens (tertiary/aromatic N) is 3. The van der Waals surface area contributed by atoms with Gasteiger partial charge in [-0.15, -0.1) is 0 Å². The smallest absolute Gasteiger partial charge is 0.274 e. The molecule has 0 unspecified atom stereocenters. The SMILES string of the molecule is CN(Cc1ccc(Br)cc1)C(=O)c1ccc(=O)n(-c2ccccc2)n1. The largest absolute Gasteiger partial charge is 0.336 e. The van der Waals surface area contributed by atoms with Crippen LogP contribution in [0.4, 0.5) is 0 Å². The molecule has 1 amide bonds. The molecule has 0 radical (unpaired) electrons. The van der Waals surface area contributed by atoms with Crippen LogP contribution < -0.4 is 5.56 Å². The minimum atomic E-state index is -0.279. The molecule has 0 N–H and O–H groups in total. The molecule has 0 aliphatic carbocycles. The molecule has 1 aromatic heterocycles. The maximum atomic E-state index is 12.6. The lowest BCUT2D eigenvalue weighted by molar-refractivity contribution is 0.0777. The molecule has 0 atom stereocenters. The standard InChI is InChI=1S/C19H16BrN3O2/c1-22(13-14-7-9-15(20)10-8-14)19(25)17-11-12-18(24)23(21-17)16-5-3-2-4-6-16/h2-12H,13H2,1H3. The van der Waals surface area contributed by atoms with Crippen molar-refractivity contribution in [3.63, 3.8) is 0 Å². The fourth-order valence-corrected chi connectivity index (χ4v) is 2.67. The molecule has 5 nitrogen and oxygen atoms in total. The van der Waals surface area contributed by atoms with Crippen LogP contribution >= 0.6 is 15.9 Å². The zero-order valence-corrected chi connectivity index (χ0v) is 15.2. The summed E-state index contributed by atoms with van der Waals surface area (Å²) in [5.74, 6) is -0.243. The van der Waals surface area contributed by atoms with Crippen LogP contribution in [0.15, 0.2) is 76.0 Å². The summed E-state index contributed by atoms with van der Waals surface area (Å²) < 4.78 is 2.22. The third-order valence-electron chi connectivity index (χ3n) is 3.70. The van der Waals surface area contributed by atoms with Crippen LogP contribution in [-0.2, 0) is 6.54 Å². The zero-order valence-electron chi connectivity index (χ0n) is 13.6. The highest BCUT2D eigenvalue weighted by Crippen LogP contribution is 2.13. The lowest BCUT2D eigenvalue weighted by Gasteiger charge is -2.17. The molecule has 3 rings (SSSR count). The van der Waals surface area contributed by atoms with E-state index in [1.54, 1.807) is 24.1 Å². The Morgan fingerprint density at radius 1 is 1.04 bits per heavy atom. The van der Waals surface area contributed by atoms with Crippen molar-refractivity contribution in [3.05, 3.63) is 92.8 Å². The van der Waals surface area contributed by atoms with Crippen molar-refractivity contribution in [2.75, 3.05) is 7.05 Å². The molecule has 0 fully saturated rings. The van der Waals surface area contributed by atoms with Crippen molar-refractivity contribution in [3.8, 4) is 5.69 Å². The Morgan fingerprint density at radius 2 is 1.72 bits per heavy atom. The topological polar surface area (TPSA) is 55.2 Å². The molecule has 3 aromatic rings. The minimum Gasteiger partial charge on any atom is -0.336 e. The third-order valence-corrected chi connectivity index (χ3v) is 4.23. The van der Waals surface area contributed by atoms with Gasteiger partial charge >= 0.3 is 0 Å². The molecule has 25 heavy (non-hydrogen) atoms. The summed E-state index contributed by atoms with van der Waals surface area (Å²) in [6, 6.07) is 19.6. The number of rotatable bonds is 4. The maximum absolute atomic E-state index is 12.6. The minimum absolute atomic E-state index is 0.225. The van der Waals surface area contributed by atoms with Gasteiger partial charge in [-0.2, -0.15) is 9.78 Å². The zero-order chi connectivity index (χ0) is 17.8. The van der Waals surface area contributed by atoms with Crippen LogP contribution in [0.25, 0.3) is 5.69 Å². The third kappa shape index (κ3) is 4.03. The first-order valence-corrected chi connectivity index (χ1v) is 8.49. The van der Waals surface area contributed by atoms with Crippen molar-refractivity contribution in [2.45, 2.75) is 6.54 Å². The Hall–Kier alpha value is -2.73. The summed E-state index contributed by atoms with van der Waals surface area (Å²) in [4.78, 5) is 26.3. The van der Waals surface area contributed by atoms with Gasteiger partial charge in [0, 0.05) is 24.1 Å². The summed E-state index contributed by atoms with van der Waals surface area (Å²) in [5, 5.41) is 4.22. The number of carbonyl (C=O) groups excluding carboxylic acids is 1. The lowest BCUT2D eigenvalue weighted by atomic mass is 10.2. The summed E-state index contributed by atoms with van der Waals surface area (Å²) >= 11 is 3.39. The summed E-state index contributed by atoms with van der Waals surface area (Å²) in [7, 11) is 1.71. The molecule has 0 spiro atoms. The molecule has 0 bridgehead atoms. The average Bonchev–Trinajstić information content (AvgIpc) is 2.64. The average molecular weight is 398 g/mol. The van der Waals surface area contributed by atoms with Crippen LogP contribution in [-0.4, -0.2) is 27.6 Å². The molecule has 0 saturated heterocycles. The first-order chi connectivity index (χ1) is 12.0. The molecular weight excluding hydrogens is 382 g/mol. The van der Waals surface area contributed by atoms with E-state index in [0.717, 1.165) is 10.0 Å². The monoisotopic (exact) mass is 397 g/mol. The molecule has 6 heteroatoms. The quantitative estimate of drug-likeness (QED) is 0.678. The molecular formula is C19H16BrN3O2. The normalized spacial score (nSPS) is 10.5. The molecule has 126 valence electrons. The van der Waals surface area contributed by atoms with E-state index < -0.39 is 0 Å². The van der Waals surface area contributed by atoms with Gasteiger partial charge in [0.2, 0.25) is 0 Å². The van der Waals surface area contributed by atoms with Gasteiger partial charge in [0.15, 0.2) is 0 Å². The van der Waals surface area contributed by atoms with Gasteiger partial charge in [0.05, 0.1) is 5.69 Å². The number of para-hydroxylation sites is 1. The Labute approximate surface area is 153 Å². The number of carbonyl (C=O) groups is 1. The van der Waals surface area contributed by atoms with E-state index in [1.165, 1.54) is 16.8 Å². The number of amides is 1. The molecule has 2 aromatic carbocycles. The van der Waals surface area contributed by atoms with Gasteiger partial charge in [-0.3, -0.25) is 9.59 Å². The Morgan fingerprint density at radius 3 is 2.40 bits per heavy atom. The Bertz CT molecular complexity index is 937. The van der Waals surface area contributed by atoms with Crippen molar-refractivity contribution < 1.29 is 4.79 Å².